The van der Waals surface area contributed by atoms with Crippen molar-refractivity contribution < 1.29 is 9.72 Å². The van der Waals surface area contributed by atoms with E-state index >= 15 is 0 Å². The molecule has 1 N–H and O–H groups in total. The molecule has 0 atom stereocenters. The van der Waals surface area contributed by atoms with E-state index in [-0.39, 0.29) is 11.6 Å². The zero-order chi connectivity index (χ0) is 16.3. The van der Waals surface area contributed by atoms with E-state index in [0.717, 1.165) is 32.7 Å². The second kappa shape index (κ2) is 6.73. The molecule has 1 aliphatic heterocycles. The second-order valence-electron chi connectivity index (χ2n) is 5.44. The molecule has 0 aliphatic carbocycles. The predicted octanol–water partition coefficient (Wildman–Crippen LogP) is 0.213. The third-order valence-corrected chi connectivity index (χ3v) is 3.91. The molecule has 1 saturated heterocycles. The fourth-order valence-electron chi connectivity index (χ4n) is 2.68. The van der Waals surface area contributed by atoms with Gasteiger partial charge in [0.1, 0.15) is 5.69 Å². The maximum absolute atomic E-state index is 11.3. The average molecular weight is 310 g/mol. The molecule has 1 aromatic rings. The number of nitrogens with one attached hydrogen (secondary N) is 1. The van der Waals surface area contributed by atoms with Gasteiger partial charge in [-0.25, -0.2) is 4.68 Å². The minimum absolute atomic E-state index is 0.0314. The summed E-state index contributed by atoms with van der Waals surface area (Å²) in [6, 6.07) is 0. The van der Waals surface area contributed by atoms with Crippen molar-refractivity contribution in [2.75, 3.05) is 44.6 Å². The monoisotopic (exact) mass is 310 g/mol. The summed E-state index contributed by atoms with van der Waals surface area (Å²) in [5.74, 6) is 0.545. The number of hydrogen-bond donors (Lipinski definition) is 1. The lowest BCUT2D eigenvalue weighted by Gasteiger charge is -2.34. The SMILES string of the molecule is CC(=O)N1CCN(CCNc2c([N+](=O)[O-])c(C)nn2C)CC1. The molecule has 1 aromatic heterocycles. The van der Waals surface area contributed by atoms with Gasteiger partial charge in [0.2, 0.25) is 11.7 Å². The van der Waals surface area contributed by atoms with Crippen molar-refractivity contribution in [1.29, 1.82) is 0 Å². The van der Waals surface area contributed by atoms with Crippen LogP contribution in [0.1, 0.15) is 12.6 Å². The standard InChI is InChI=1S/C13H22N6O3/c1-10-12(19(21)22)13(16(3)15-10)14-4-5-17-6-8-18(9-7-17)11(2)20/h14H,4-9H2,1-3H3. The van der Waals surface area contributed by atoms with E-state index < -0.39 is 4.92 Å². The van der Waals surface area contributed by atoms with Gasteiger partial charge in [-0.3, -0.25) is 19.8 Å². The third kappa shape index (κ3) is 3.53. The Morgan fingerprint density at radius 3 is 2.55 bits per heavy atom. The first-order valence-electron chi connectivity index (χ1n) is 7.30. The van der Waals surface area contributed by atoms with Crippen LogP contribution in [0.5, 0.6) is 0 Å². The summed E-state index contributed by atoms with van der Waals surface area (Å²) in [5.41, 5.74) is 0.439. The van der Waals surface area contributed by atoms with Gasteiger partial charge in [0.05, 0.1) is 4.92 Å². The van der Waals surface area contributed by atoms with Crippen molar-refractivity contribution >= 4 is 17.4 Å². The summed E-state index contributed by atoms with van der Waals surface area (Å²) in [4.78, 5) is 26.0. The number of carbonyl (C=O) groups excluding carboxylic acids is 1. The maximum Gasteiger partial charge on any atom is 0.333 e. The van der Waals surface area contributed by atoms with Gasteiger partial charge in [-0.15, -0.1) is 0 Å². The molecule has 1 amide bonds. The minimum Gasteiger partial charge on any atom is -0.363 e. The minimum atomic E-state index is -0.406. The van der Waals surface area contributed by atoms with Crippen LogP contribution in [0.3, 0.4) is 0 Å². The van der Waals surface area contributed by atoms with Gasteiger partial charge in [-0.1, -0.05) is 0 Å². The van der Waals surface area contributed by atoms with Crippen LogP contribution in [0.15, 0.2) is 0 Å². The van der Waals surface area contributed by atoms with Crippen LogP contribution in [0.4, 0.5) is 11.5 Å². The number of nitro groups is 1. The maximum atomic E-state index is 11.3. The molecule has 0 spiro atoms. The highest BCUT2D eigenvalue weighted by molar-refractivity contribution is 5.73. The highest BCUT2D eigenvalue weighted by atomic mass is 16.6. The molecule has 0 aromatic carbocycles. The van der Waals surface area contributed by atoms with Crippen molar-refractivity contribution in [3.05, 3.63) is 15.8 Å². The van der Waals surface area contributed by atoms with Gasteiger partial charge >= 0.3 is 5.69 Å². The van der Waals surface area contributed by atoms with E-state index in [1.165, 1.54) is 4.68 Å². The zero-order valence-electron chi connectivity index (χ0n) is 13.2. The Hall–Kier alpha value is -2.16. The molecule has 0 unspecified atom stereocenters. The smallest absolute Gasteiger partial charge is 0.333 e. The average Bonchev–Trinajstić information content (AvgIpc) is 2.74. The van der Waals surface area contributed by atoms with E-state index in [4.69, 9.17) is 0 Å². The Bertz CT molecular complexity index is 562. The van der Waals surface area contributed by atoms with Gasteiger partial charge in [-0.05, 0) is 6.92 Å². The summed E-state index contributed by atoms with van der Waals surface area (Å²) < 4.78 is 1.50. The van der Waals surface area contributed by atoms with Gasteiger partial charge in [0, 0.05) is 53.2 Å². The first-order chi connectivity index (χ1) is 10.4. The lowest BCUT2D eigenvalue weighted by atomic mass is 10.3. The summed E-state index contributed by atoms with van der Waals surface area (Å²) in [6.07, 6.45) is 0. The molecular weight excluding hydrogens is 288 g/mol. The van der Waals surface area contributed by atoms with Gasteiger partial charge in [0.25, 0.3) is 0 Å². The quantitative estimate of drug-likeness (QED) is 0.617. The molecule has 0 bridgehead atoms. The molecule has 2 heterocycles. The number of amides is 1. The number of nitrogens with zero attached hydrogens (tertiary/aromatic N) is 5. The Labute approximate surface area is 129 Å². The Morgan fingerprint density at radius 1 is 1.36 bits per heavy atom. The molecule has 1 aliphatic rings. The fourth-order valence-corrected chi connectivity index (χ4v) is 2.68. The van der Waals surface area contributed by atoms with Gasteiger partial charge < -0.3 is 10.2 Å². The lowest BCUT2D eigenvalue weighted by Crippen LogP contribution is -2.49. The van der Waals surface area contributed by atoms with E-state index in [0.29, 0.717) is 18.1 Å². The van der Waals surface area contributed by atoms with Crippen LogP contribution in [-0.4, -0.2) is 69.7 Å². The highest BCUT2D eigenvalue weighted by Crippen LogP contribution is 2.26. The van der Waals surface area contributed by atoms with Crippen molar-refractivity contribution in [2.24, 2.45) is 7.05 Å². The van der Waals surface area contributed by atoms with Crippen LogP contribution >= 0.6 is 0 Å². The van der Waals surface area contributed by atoms with Crippen LogP contribution < -0.4 is 5.32 Å². The molecule has 122 valence electrons. The highest BCUT2D eigenvalue weighted by Gasteiger charge is 2.24. The topological polar surface area (TPSA) is 96.5 Å². The first-order valence-corrected chi connectivity index (χ1v) is 7.30. The van der Waals surface area contributed by atoms with E-state index in [1.807, 2.05) is 4.90 Å². The molecule has 1 fully saturated rings. The number of anilines is 1. The second-order valence-corrected chi connectivity index (χ2v) is 5.44. The Balaban J connectivity index is 1.85. The molecular formula is C13H22N6O3. The number of rotatable bonds is 5. The summed E-state index contributed by atoms with van der Waals surface area (Å²) in [7, 11) is 1.69. The fraction of sp³-hybridized carbons (Fsp3) is 0.692. The molecule has 2 rings (SSSR count). The van der Waals surface area contributed by atoms with Crippen molar-refractivity contribution in [1.82, 2.24) is 19.6 Å². The predicted molar refractivity (Wildman–Crippen MR) is 81.8 cm³/mol. The summed E-state index contributed by atoms with van der Waals surface area (Å²) >= 11 is 0. The first kappa shape index (κ1) is 16.2. The number of aromatic nitrogens is 2. The number of aryl methyl sites for hydroxylation is 2. The summed E-state index contributed by atoms with van der Waals surface area (Å²) in [5, 5.41) is 18.3. The largest absolute Gasteiger partial charge is 0.363 e. The number of hydrogen-bond acceptors (Lipinski definition) is 6. The van der Waals surface area contributed by atoms with Crippen LogP contribution in [0.2, 0.25) is 0 Å². The lowest BCUT2D eigenvalue weighted by molar-refractivity contribution is -0.384. The Kier molecular flexibility index (Phi) is 4.96. The van der Waals surface area contributed by atoms with Crippen LogP contribution in [0, 0.1) is 17.0 Å². The van der Waals surface area contributed by atoms with Gasteiger partial charge in [0.15, 0.2) is 0 Å². The molecule has 9 heteroatoms. The zero-order valence-corrected chi connectivity index (χ0v) is 13.2. The molecule has 0 saturated carbocycles. The van der Waals surface area contributed by atoms with Crippen LogP contribution in [0.25, 0.3) is 0 Å². The van der Waals surface area contributed by atoms with Gasteiger partial charge in [-0.2, -0.15) is 5.10 Å². The molecule has 0 radical (unpaired) electrons. The van der Waals surface area contributed by atoms with E-state index in [9.17, 15) is 14.9 Å². The normalized spacial score (nSPS) is 15.9. The van der Waals surface area contributed by atoms with E-state index in [2.05, 4.69) is 15.3 Å². The summed E-state index contributed by atoms with van der Waals surface area (Å²) in [6.45, 7) is 7.71. The Morgan fingerprint density at radius 2 is 2.00 bits per heavy atom. The van der Waals surface area contributed by atoms with Crippen molar-refractivity contribution in [3.8, 4) is 0 Å². The third-order valence-electron chi connectivity index (χ3n) is 3.91. The van der Waals surface area contributed by atoms with Crippen LogP contribution in [-0.2, 0) is 11.8 Å². The number of carbonyl (C=O) groups is 1. The number of piperazine rings is 1. The molecule has 9 nitrogen and oxygen atoms in total. The molecule has 22 heavy (non-hydrogen) atoms. The van der Waals surface area contributed by atoms with E-state index in [1.54, 1.807) is 20.9 Å². The van der Waals surface area contributed by atoms with Crippen molar-refractivity contribution in [3.63, 3.8) is 0 Å². The van der Waals surface area contributed by atoms with Crippen molar-refractivity contribution in [2.45, 2.75) is 13.8 Å².